The molecule has 4 nitrogen and oxygen atoms in total. The first kappa shape index (κ1) is 15.3. The maximum Gasteiger partial charge on any atom is 0.0785 e. The molecule has 2 N–H and O–H groups in total. The summed E-state index contributed by atoms with van der Waals surface area (Å²) in [5, 5.41) is 13.1. The van der Waals surface area contributed by atoms with E-state index in [4.69, 9.17) is 4.74 Å². The predicted octanol–water partition coefficient (Wildman–Crippen LogP) is 1.64. The molecule has 1 fully saturated rings. The lowest BCUT2D eigenvalue weighted by atomic mass is 10.0. The summed E-state index contributed by atoms with van der Waals surface area (Å²) in [4.78, 5) is 2.44. The third-order valence-electron chi connectivity index (χ3n) is 3.89. The van der Waals surface area contributed by atoms with Gasteiger partial charge in [-0.2, -0.15) is 0 Å². The molecule has 1 aromatic carbocycles. The molecule has 0 bridgehead atoms. The highest BCUT2D eigenvalue weighted by Gasteiger charge is 2.18. The molecule has 1 unspecified atom stereocenters. The number of aliphatic hydroxyl groups is 1. The zero-order chi connectivity index (χ0) is 14.2. The average Bonchev–Trinajstić information content (AvgIpc) is 2.49. The molecule has 1 heterocycles. The summed E-state index contributed by atoms with van der Waals surface area (Å²) in [6.07, 6.45) is 2.73. The van der Waals surface area contributed by atoms with Crippen molar-refractivity contribution in [3.05, 3.63) is 30.3 Å². The summed E-state index contributed by atoms with van der Waals surface area (Å²) in [6.45, 7) is 3.49. The predicted molar refractivity (Wildman–Crippen MR) is 82.2 cm³/mol. The van der Waals surface area contributed by atoms with Gasteiger partial charge in [0.1, 0.15) is 0 Å². The van der Waals surface area contributed by atoms with Crippen molar-refractivity contribution in [2.24, 2.45) is 0 Å². The number of anilines is 1. The highest BCUT2D eigenvalue weighted by molar-refractivity contribution is 5.46. The van der Waals surface area contributed by atoms with Gasteiger partial charge in [0.2, 0.25) is 0 Å². The molecule has 0 radical (unpaired) electrons. The van der Waals surface area contributed by atoms with E-state index < -0.39 is 0 Å². The molecule has 2 rings (SSSR count). The lowest BCUT2D eigenvalue weighted by Gasteiger charge is -2.34. The topological polar surface area (TPSA) is 44.7 Å². The Hall–Kier alpha value is -1.10. The van der Waals surface area contributed by atoms with Crippen LogP contribution >= 0.6 is 0 Å². The zero-order valence-corrected chi connectivity index (χ0v) is 12.3. The smallest absolute Gasteiger partial charge is 0.0785 e. The van der Waals surface area contributed by atoms with Gasteiger partial charge in [-0.3, -0.25) is 0 Å². The van der Waals surface area contributed by atoms with Crippen LogP contribution in [0.25, 0.3) is 0 Å². The van der Waals surface area contributed by atoms with Crippen molar-refractivity contribution < 1.29 is 9.84 Å². The number of piperidine rings is 1. The van der Waals surface area contributed by atoms with E-state index in [1.807, 2.05) is 0 Å². The number of para-hydroxylation sites is 1. The molecule has 0 spiro atoms. The lowest BCUT2D eigenvalue weighted by molar-refractivity contribution is 0.0588. The number of benzene rings is 1. The molecule has 4 heteroatoms. The van der Waals surface area contributed by atoms with Crippen molar-refractivity contribution in [2.45, 2.75) is 31.4 Å². The van der Waals surface area contributed by atoms with Gasteiger partial charge in [-0.15, -0.1) is 0 Å². The molecule has 1 aliphatic rings. The fraction of sp³-hybridized carbons (Fsp3) is 0.625. The Morgan fingerprint density at radius 3 is 2.65 bits per heavy atom. The number of methoxy groups -OCH3 is 1. The third-order valence-corrected chi connectivity index (χ3v) is 3.89. The molecule has 1 aromatic rings. The second kappa shape index (κ2) is 8.25. The Balaban J connectivity index is 1.65. The molecular weight excluding hydrogens is 252 g/mol. The fourth-order valence-corrected chi connectivity index (χ4v) is 2.71. The third kappa shape index (κ3) is 4.78. The quantitative estimate of drug-likeness (QED) is 0.796. The van der Waals surface area contributed by atoms with Crippen LogP contribution in [0.3, 0.4) is 0 Å². The van der Waals surface area contributed by atoms with Crippen LogP contribution in [0.1, 0.15) is 19.3 Å². The van der Waals surface area contributed by atoms with Crippen molar-refractivity contribution in [1.82, 2.24) is 5.32 Å². The number of nitrogens with one attached hydrogen (secondary N) is 1. The molecule has 0 aliphatic carbocycles. The minimum atomic E-state index is -0.350. The van der Waals surface area contributed by atoms with Crippen molar-refractivity contribution in [3.8, 4) is 0 Å². The van der Waals surface area contributed by atoms with E-state index in [9.17, 15) is 5.11 Å². The second-order valence-electron chi connectivity index (χ2n) is 5.45. The normalized spacial score (nSPS) is 18.2. The summed E-state index contributed by atoms with van der Waals surface area (Å²) < 4.78 is 4.92. The maximum atomic E-state index is 9.60. The van der Waals surface area contributed by atoms with E-state index in [1.54, 1.807) is 7.11 Å². The van der Waals surface area contributed by atoms with Gasteiger partial charge in [0, 0.05) is 31.9 Å². The van der Waals surface area contributed by atoms with Crippen LogP contribution in [0.2, 0.25) is 0 Å². The molecule has 1 aliphatic heterocycles. The van der Waals surface area contributed by atoms with E-state index in [2.05, 4.69) is 40.5 Å². The Morgan fingerprint density at radius 2 is 2.00 bits per heavy atom. The van der Waals surface area contributed by atoms with E-state index in [0.717, 1.165) is 38.9 Å². The first-order valence-electron chi connectivity index (χ1n) is 7.50. The first-order chi connectivity index (χ1) is 9.79. The second-order valence-corrected chi connectivity index (χ2v) is 5.45. The summed E-state index contributed by atoms with van der Waals surface area (Å²) in [5.41, 5.74) is 1.32. The standard InChI is InChI=1S/C16H26N2O2/c1-20-13-16(19)7-10-17-14-8-11-18(12-9-14)15-5-3-2-4-6-15/h2-6,14,16-17,19H,7-13H2,1H3. The maximum absolute atomic E-state index is 9.60. The van der Waals surface area contributed by atoms with Gasteiger partial charge in [-0.05, 0) is 37.9 Å². The van der Waals surface area contributed by atoms with Gasteiger partial charge in [-0.25, -0.2) is 0 Å². The van der Waals surface area contributed by atoms with E-state index in [0.29, 0.717) is 12.6 Å². The monoisotopic (exact) mass is 278 g/mol. The van der Waals surface area contributed by atoms with Crippen molar-refractivity contribution in [2.75, 3.05) is 38.3 Å². The van der Waals surface area contributed by atoms with Crippen LogP contribution in [0.4, 0.5) is 5.69 Å². The zero-order valence-electron chi connectivity index (χ0n) is 12.3. The van der Waals surface area contributed by atoms with Gasteiger partial charge in [0.05, 0.1) is 12.7 Å². The van der Waals surface area contributed by atoms with Gasteiger partial charge < -0.3 is 20.1 Å². The number of nitrogens with zero attached hydrogens (tertiary/aromatic N) is 1. The van der Waals surface area contributed by atoms with E-state index in [1.165, 1.54) is 5.69 Å². The van der Waals surface area contributed by atoms with Crippen molar-refractivity contribution >= 4 is 5.69 Å². The van der Waals surface area contributed by atoms with E-state index >= 15 is 0 Å². The lowest BCUT2D eigenvalue weighted by Crippen LogP contribution is -2.43. The number of hydrogen-bond donors (Lipinski definition) is 2. The largest absolute Gasteiger partial charge is 0.391 e. The van der Waals surface area contributed by atoms with Crippen LogP contribution in [0.5, 0.6) is 0 Å². The highest BCUT2D eigenvalue weighted by atomic mass is 16.5. The van der Waals surface area contributed by atoms with Crippen LogP contribution in [-0.2, 0) is 4.74 Å². The number of ether oxygens (including phenoxy) is 1. The van der Waals surface area contributed by atoms with Crippen molar-refractivity contribution in [3.63, 3.8) is 0 Å². The molecule has 112 valence electrons. The summed E-state index contributed by atoms with van der Waals surface area (Å²) in [7, 11) is 1.62. The van der Waals surface area contributed by atoms with Crippen LogP contribution < -0.4 is 10.2 Å². The molecular formula is C16H26N2O2. The van der Waals surface area contributed by atoms with Crippen LogP contribution in [-0.4, -0.2) is 50.6 Å². The van der Waals surface area contributed by atoms with E-state index in [-0.39, 0.29) is 6.10 Å². The van der Waals surface area contributed by atoms with Gasteiger partial charge in [0.25, 0.3) is 0 Å². The Labute approximate surface area is 121 Å². The Kier molecular flexibility index (Phi) is 6.30. The SMILES string of the molecule is COCC(O)CCNC1CCN(c2ccccc2)CC1. The average molecular weight is 278 g/mol. The van der Waals surface area contributed by atoms with Gasteiger partial charge in [0.15, 0.2) is 0 Å². The molecule has 0 aromatic heterocycles. The van der Waals surface area contributed by atoms with Gasteiger partial charge in [-0.1, -0.05) is 18.2 Å². The first-order valence-corrected chi connectivity index (χ1v) is 7.50. The molecule has 1 saturated heterocycles. The summed E-state index contributed by atoms with van der Waals surface area (Å²) in [6, 6.07) is 11.2. The molecule has 0 saturated carbocycles. The minimum Gasteiger partial charge on any atom is -0.391 e. The molecule has 20 heavy (non-hydrogen) atoms. The Bertz CT molecular complexity index is 364. The fourth-order valence-electron chi connectivity index (χ4n) is 2.71. The van der Waals surface area contributed by atoms with Crippen LogP contribution in [0.15, 0.2) is 30.3 Å². The number of rotatable bonds is 7. The summed E-state index contributed by atoms with van der Waals surface area (Å²) >= 11 is 0. The molecule has 1 atom stereocenters. The minimum absolute atomic E-state index is 0.350. The number of hydrogen-bond acceptors (Lipinski definition) is 4. The summed E-state index contributed by atoms with van der Waals surface area (Å²) in [5.74, 6) is 0. The Morgan fingerprint density at radius 1 is 1.30 bits per heavy atom. The van der Waals surface area contributed by atoms with Gasteiger partial charge >= 0.3 is 0 Å². The molecule has 0 amide bonds. The van der Waals surface area contributed by atoms with Crippen LogP contribution in [0, 0.1) is 0 Å². The number of aliphatic hydroxyl groups excluding tert-OH is 1. The van der Waals surface area contributed by atoms with Crippen molar-refractivity contribution in [1.29, 1.82) is 0 Å². The highest BCUT2D eigenvalue weighted by Crippen LogP contribution is 2.19.